The molecule has 1 N–H and O–H groups in total. The van der Waals surface area contributed by atoms with Crippen LogP contribution in [0.5, 0.6) is 0 Å². The molecular formula is C25H28ClN5O2. The van der Waals surface area contributed by atoms with Gasteiger partial charge in [-0.15, -0.1) is 0 Å². The van der Waals surface area contributed by atoms with E-state index in [1.807, 2.05) is 17.0 Å². The average molecular weight is 466 g/mol. The molecule has 172 valence electrons. The SMILES string of the molecule is CC(=O)N1C[C@H]2C[C@@H](C(=O)Nc3cc(-c4cc(C#N)n5c4CC(C)(C)C5)c(Cl)cn3)C[C@H]2C1. The normalized spacial score (nSPS) is 24.9. The molecule has 2 fully saturated rings. The predicted octanol–water partition coefficient (Wildman–Crippen LogP) is 4.10. The lowest BCUT2D eigenvalue weighted by atomic mass is 9.89. The van der Waals surface area contributed by atoms with E-state index in [0.29, 0.717) is 28.4 Å². The van der Waals surface area contributed by atoms with E-state index in [-0.39, 0.29) is 23.1 Å². The molecule has 2 aromatic heterocycles. The van der Waals surface area contributed by atoms with Crippen molar-refractivity contribution in [3.05, 3.63) is 34.7 Å². The first-order chi connectivity index (χ1) is 15.6. The zero-order chi connectivity index (χ0) is 23.5. The summed E-state index contributed by atoms with van der Waals surface area (Å²) >= 11 is 6.52. The van der Waals surface area contributed by atoms with Crippen LogP contribution in [0.3, 0.4) is 0 Å². The summed E-state index contributed by atoms with van der Waals surface area (Å²) in [6.45, 7) is 8.29. The van der Waals surface area contributed by atoms with Crippen molar-refractivity contribution in [2.45, 2.75) is 46.6 Å². The summed E-state index contributed by atoms with van der Waals surface area (Å²) in [5.41, 5.74) is 3.51. The monoisotopic (exact) mass is 465 g/mol. The van der Waals surface area contributed by atoms with Gasteiger partial charge in [0.15, 0.2) is 0 Å². The molecule has 1 aliphatic carbocycles. The number of aromatic nitrogens is 2. The van der Waals surface area contributed by atoms with Gasteiger partial charge in [-0.1, -0.05) is 25.4 Å². The Morgan fingerprint density at radius 2 is 1.91 bits per heavy atom. The lowest BCUT2D eigenvalue weighted by molar-refractivity contribution is -0.128. The van der Waals surface area contributed by atoms with Gasteiger partial charge in [-0.3, -0.25) is 9.59 Å². The quantitative estimate of drug-likeness (QED) is 0.738. The number of pyridine rings is 1. The number of amides is 2. The number of halogens is 1. The molecule has 0 unspecified atom stereocenters. The lowest BCUT2D eigenvalue weighted by Gasteiger charge is -2.17. The van der Waals surface area contributed by atoms with Crippen molar-refractivity contribution in [1.82, 2.24) is 14.5 Å². The summed E-state index contributed by atoms with van der Waals surface area (Å²) in [5.74, 6) is 1.28. The van der Waals surface area contributed by atoms with Crippen LogP contribution in [0.2, 0.25) is 5.02 Å². The minimum Gasteiger partial charge on any atom is -0.342 e. The molecule has 0 aromatic carbocycles. The predicted molar refractivity (Wildman–Crippen MR) is 125 cm³/mol. The molecule has 2 amide bonds. The van der Waals surface area contributed by atoms with Crippen molar-refractivity contribution in [2.24, 2.45) is 23.2 Å². The Balaban J connectivity index is 1.35. The lowest BCUT2D eigenvalue weighted by Crippen LogP contribution is -2.29. The minimum atomic E-state index is -0.0697. The molecule has 2 aliphatic heterocycles. The van der Waals surface area contributed by atoms with Crippen LogP contribution < -0.4 is 5.32 Å². The van der Waals surface area contributed by atoms with Crippen molar-refractivity contribution >= 4 is 29.2 Å². The number of fused-ring (bicyclic) bond motifs is 2. The molecule has 0 bridgehead atoms. The Kier molecular flexibility index (Phi) is 5.24. The number of anilines is 1. The largest absolute Gasteiger partial charge is 0.342 e. The van der Waals surface area contributed by atoms with Crippen LogP contribution in [0.1, 0.15) is 45.0 Å². The van der Waals surface area contributed by atoms with Crippen molar-refractivity contribution in [3.8, 4) is 17.2 Å². The standard InChI is InChI=1S/C25H28ClN5O2/c1-14(32)30-11-16-4-15(5-17(16)12-30)24(33)29-23-7-19(21(26)10-28-23)20-6-18(9-27)31-13-25(2,3)8-22(20)31/h6-7,10,15-17H,4-5,8,11-13H2,1-3H3,(H,28,29,33)/t15-,16-,17+. The second-order valence-corrected chi connectivity index (χ2v) is 11.0. The van der Waals surface area contributed by atoms with Crippen LogP contribution in [0, 0.1) is 34.5 Å². The third-order valence-electron chi connectivity index (χ3n) is 7.52. The third kappa shape index (κ3) is 3.91. The van der Waals surface area contributed by atoms with Crippen LogP contribution in [0.15, 0.2) is 18.3 Å². The van der Waals surface area contributed by atoms with Crippen molar-refractivity contribution in [3.63, 3.8) is 0 Å². The van der Waals surface area contributed by atoms with Gasteiger partial charge in [0.25, 0.3) is 0 Å². The van der Waals surface area contributed by atoms with Crippen LogP contribution in [-0.2, 0) is 22.6 Å². The Labute approximate surface area is 198 Å². The van der Waals surface area contributed by atoms with Crippen molar-refractivity contribution in [1.29, 1.82) is 5.26 Å². The van der Waals surface area contributed by atoms with Crippen molar-refractivity contribution < 1.29 is 9.59 Å². The Morgan fingerprint density at radius 1 is 1.21 bits per heavy atom. The van der Waals surface area contributed by atoms with Gasteiger partial charge in [0, 0.05) is 55.5 Å². The molecule has 8 heteroatoms. The molecule has 1 saturated heterocycles. The Morgan fingerprint density at radius 3 is 2.55 bits per heavy atom. The van der Waals surface area contributed by atoms with Gasteiger partial charge in [0.1, 0.15) is 17.6 Å². The fraction of sp³-hybridized carbons (Fsp3) is 0.520. The number of rotatable bonds is 3. The number of likely N-dealkylation sites (tertiary alicyclic amines) is 1. The van der Waals surface area contributed by atoms with E-state index in [1.165, 1.54) is 0 Å². The first kappa shape index (κ1) is 22.0. The fourth-order valence-electron chi connectivity index (χ4n) is 5.94. The smallest absolute Gasteiger partial charge is 0.228 e. The van der Waals surface area contributed by atoms with Crippen LogP contribution in [-0.4, -0.2) is 39.4 Å². The van der Waals surface area contributed by atoms with Gasteiger partial charge in [-0.2, -0.15) is 5.26 Å². The molecule has 0 radical (unpaired) electrons. The maximum absolute atomic E-state index is 13.0. The molecule has 7 nitrogen and oxygen atoms in total. The average Bonchev–Trinajstić information content (AvgIpc) is 3.47. The van der Waals surface area contributed by atoms with E-state index >= 15 is 0 Å². The molecule has 3 atom stereocenters. The fourth-order valence-corrected chi connectivity index (χ4v) is 6.14. The maximum Gasteiger partial charge on any atom is 0.228 e. The van der Waals surface area contributed by atoms with E-state index in [2.05, 4.69) is 34.8 Å². The van der Waals surface area contributed by atoms with Crippen LogP contribution in [0.25, 0.3) is 11.1 Å². The molecule has 33 heavy (non-hydrogen) atoms. The third-order valence-corrected chi connectivity index (χ3v) is 7.82. The molecule has 4 heterocycles. The van der Waals surface area contributed by atoms with Crippen LogP contribution >= 0.6 is 11.6 Å². The van der Waals surface area contributed by atoms with Gasteiger partial charge in [0.2, 0.25) is 11.8 Å². The number of hydrogen-bond acceptors (Lipinski definition) is 4. The number of nitrogens with zero attached hydrogens (tertiary/aromatic N) is 4. The molecule has 5 rings (SSSR count). The topological polar surface area (TPSA) is 91.0 Å². The number of carbonyl (C=O) groups is 2. The highest BCUT2D eigenvalue weighted by atomic mass is 35.5. The highest BCUT2D eigenvalue weighted by Gasteiger charge is 2.44. The maximum atomic E-state index is 13.0. The zero-order valence-electron chi connectivity index (χ0n) is 19.2. The van der Waals surface area contributed by atoms with Crippen LogP contribution in [0.4, 0.5) is 5.82 Å². The Bertz CT molecular complexity index is 1180. The summed E-state index contributed by atoms with van der Waals surface area (Å²) < 4.78 is 2.08. The second-order valence-electron chi connectivity index (χ2n) is 10.6. The van der Waals surface area contributed by atoms with Gasteiger partial charge in [-0.25, -0.2) is 4.98 Å². The molecule has 3 aliphatic rings. The summed E-state index contributed by atoms with van der Waals surface area (Å²) in [5, 5.41) is 13.1. The first-order valence-corrected chi connectivity index (χ1v) is 11.9. The van der Waals surface area contributed by atoms with Gasteiger partial charge >= 0.3 is 0 Å². The number of nitrogens with one attached hydrogen (secondary N) is 1. The number of nitriles is 1. The molecule has 0 spiro atoms. The molecular weight excluding hydrogens is 438 g/mol. The number of hydrogen-bond donors (Lipinski definition) is 1. The minimum absolute atomic E-state index is 0.0273. The van der Waals surface area contributed by atoms with Gasteiger partial charge in [-0.05, 0) is 48.6 Å². The summed E-state index contributed by atoms with van der Waals surface area (Å²) in [6.07, 6.45) is 4.02. The molecule has 2 aromatic rings. The highest BCUT2D eigenvalue weighted by Crippen LogP contribution is 2.43. The first-order valence-electron chi connectivity index (χ1n) is 11.5. The highest BCUT2D eigenvalue weighted by molar-refractivity contribution is 6.33. The molecule has 1 saturated carbocycles. The van der Waals surface area contributed by atoms with Crippen molar-refractivity contribution in [2.75, 3.05) is 18.4 Å². The van der Waals surface area contributed by atoms with E-state index in [0.717, 1.165) is 55.7 Å². The van der Waals surface area contributed by atoms with E-state index in [1.54, 1.807) is 13.1 Å². The van der Waals surface area contributed by atoms with E-state index in [9.17, 15) is 14.9 Å². The summed E-state index contributed by atoms with van der Waals surface area (Å²) in [7, 11) is 0. The van der Waals surface area contributed by atoms with Gasteiger partial charge < -0.3 is 14.8 Å². The Hall–Kier alpha value is -2.85. The zero-order valence-corrected chi connectivity index (χ0v) is 19.9. The van der Waals surface area contributed by atoms with Gasteiger partial charge in [0.05, 0.1) is 5.02 Å². The number of carbonyl (C=O) groups excluding carboxylic acids is 2. The summed E-state index contributed by atoms with van der Waals surface area (Å²) in [4.78, 5) is 30.9. The van der Waals surface area contributed by atoms with E-state index < -0.39 is 0 Å². The summed E-state index contributed by atoms with van der Waals surface area (Å²) in [6, 6.07) is 6.00. The van der Waals surface area contributed by atoms with E-state index in [4.69, 9.17) is 11.6 Å². The second kappa shape index (κ2) is 7.88.